The Bertz CT molecular complexity index is 1500. The van der Waals surface area contributed by atoms with Crippen LogP contribution in [0.15, 0.2) is 35.3 Å². The van der Waals surface area contributed by atoms with Crippen molar-refractivity contribution in [2.45, 2.75) is 24.9 Å². The lowest BCUT2D eigenvalue weighted by molar-refractivity contribution is 0.441. The number of hydrogen-bond acceptors (Lipinski definition) is 7. The number of benzene rings is 1. The zero-order valence-corrected chi connectivity index (χ0v) is 18.5. The van der Waals surface area contributed by atoms with Gasteiger partial charge in [-0.25, -0.2) is 4.39 Å². The van der Waals surface area contributed by atoms with E-state index in [1.165, 1.54) is 22.8 Å². The minimum atomic E-state index is -0.353. The highest BCUT2D eigenvalue weighted by Crippen LogP contribution is 2.53. The minimum Gasteiger partial charge on any atom is -0.424 e. The van der Waals surface area contributed by atoms with Crippen molar-refractivity contribution in [1.82, 2.24) is 19.5 Å². The Morgan fingerprint density at radius 1 is 1.33 bits per heavy atom. The van der Waals surface area contributed by atoms with Crippen molar-refractivity contribution < 1.29 is 9.13 Å². The van der Waals surface area contributed by atoms with Gasteiger partial charge in [-0.3, -0.25) is 4.79 Å². The second kappa shape index (κ2) is 6.67. The second-order valence-corrected chi connectivity index (χ2v) is 9.10. The maximum Gasteiger partial charge on any atom is 0.325 e. The van der Waals surface area contributed by atoms with Crippen LogP contribution in [0.2, 0.25) is 0 Å². The molecule has 3 atom stereocenters. The third kappa shape index (κ3) is 2.90. The maximum atomic E-state index is 14.5. The quantitative estimate of drug-likeness (QED) is 0.439. The monoisotopic (exact) mass is 449 g/mol. The van der Waals surface area contributed by atoms with Gasteiger partial charge in [-0.1, -0.05) is 6.92 Å². The first-order valence-corrected chi connectivity index (χ1v) is 10.9. The number of H-pyrrole nitrogens is 1. The third-order valence-corrected chi connectivity index (χ3v) is 7.08. The predicted octanol–water partition coefficient (Wildman–Crippen LogP) is 2.71. The molecule has 10 heteroatoms. The van der Waals surface area contributed by atoms with Crippen molar-refractivity contribution in [1.29, 1.82) is 0 Å². The second-order valence-electron chi connectivity index (χ2n) is 9.10. The van der Waals surface area contributed by atoms with Gasteiger partial charge in [0.15, 0.2) is 0 Å². The number of pyridine rings is 1. The van der Waals surface area contributed by atoms with Crippen molar-refractivity contribution in [3.8, 4) is 11.8 Å². The zero-order valence-electron chi connectivity index (χ0n) is 18.5. The number of ether oxygens (including phenoxy) is 1. The van der Waals surface area contributed by atoms with Crippen LogP contribution in [0.4, 0.5) is 15.9 Å². The Kier molecular flexibility index (Phi) is 4.04. The highest BCUT2D eigenvalue weighted by atomic mass is 19.1. The van der Waals surface area contributed by atoms with E-state index >= 15 is 0 Å². The van der Waals surface area contributed by atoms with Crippen molar-refractivity contribution >= 4 is 33.4 Å². The summed E-state index contributed by atoms with van der Waals surface area (Å²) in [5.74, 6) is 0.938. The van der Waals surface area contributed by atoms with E-state index < -0.39 is 0 Å². The molecule has 0 radical (unpaired) electrons. The molecule has 2 aliphatic rings. The van der Waals surface area contributed by atoms with Crippen molar-refractivity contribution in [3.05, 3.63) is 46.6 Å². The average Bonchev–Trinajstić information content (AvgIpc) is 3.24. The van der Waals surface area contributed by atoms with Crippen LogP contribution in [-0.4, -0.2) is 44.7 Å². The number of aryl methyl sites for hydroxylation is 1. The summed E-state index contributed by atoms with van der Waals surface area (Å²) >= 11 is 0. The van der Waals surface area contributed by atoms with Crippen LogP contribution < -0.4 is 26.2 Å². The third-order valence-electron chi connectivity index (χ3n) is 7.08. The summed E-state index contributed by atoms with van der Waals surface area (Å²) in [6.07, 6.45) is 2.50. The number of aromatic nitrogens is 4. The number of piperidine rings is 1. The highest BCUT2D eigenvalue weighted by molar-refractivity contribution is 6.14. The number of hydrogen-bond donors (Lipinski definition) is 3. The van der Waals surface area contributed by atoms with Gasteiger partial charge in [-0.15, -0.1) is 0 Å². The molecule has 1 aliphatic heterocycles. The standard InChI is InChI=1S/C23H24FN7O2/c1-11-10-31(16-9-23(11,16)25)21-18-14-6-12(24)7-15(26-2)19(14)27-20(18)28-22(29-21)33-13-4-5-30(3)17(32)8-13/h4-8,11,16,26H,9-10,25H2,1-3H3,(H,27,28,29)/t11-,16+,23+/m1/s1. The van der Waals surface area contributed by atoms with E-state index in [4.69, 9.17) is 15.5 Å². The molecule has 1 aromatic carbocycles. The summed E-state index contributed by atoms with van der Waals surface area (Å²) in [6.45, 7) is 2.88. The molecule has 0 bridgehead atoms. The molecule has 4 N–H and O–H groups in total. The number of rotatable bonds is 4. The topological polar surface area (TPSA) is 114 Å². The van der Waals surface area contributed by atoms with Gasteiger partial charge < -0.3 is 30.2 Å². The van der Waals surface area contributed by atoms with Crippen LogP contribution in [0.3, 0.4) is 0 Å². The molecule has 2 fully saturated rings. The Balaban J connectivity index is 1.57. The van der Waals surface area contributed by atoms with E-state index in [2.05, 4.69) is 27.1 Å². The fraction of sp³-hybridized carbons (Fsp3) is 0.348. The van der Waals surface area contributed by atoms with Gasteiger partial charge in [0.05, 0.1) is 22.6 Å². The number of nitrogens with zero attached hydrogens (tertiary/aromatic N) is 4. The summed E-state index contributed by atoms with van der Waals surface area (Å²) in [5, 5.41) is 4.45. The van der Waals surface area contributed by atoms with E-state index in [1.54, 1.807) is 26.4 Å². The predicted molar refractivity (Wildman–Crippen MR) is 124 cm³/mol. The first-order chi connectivity index (χ1) is 15.8. The lowest BCUT2D eigenvalue weighted by Crippen LogP contribution is -2.30. The van der Waals surface area contributed by atoms with Crippen molar-refractivity contribution in [2.75, 3.05) is 23.8 Å². The fourth-order valence-corrected chi connectivity index (χ4v) is 5.01. The summed E-state index contributed by atoms with van der Waals surface area (Å²) in [4.78, 5) is 26.8. The summed E-state index contributed by atoms with van der Waals surface area (Å²) in [5.41, 5.74) is 8.03. The Hall–Kier alpha value is -3.66. The Labute approximate surface area is 188 Å². The first kappa shape index (κ1) is 20.0. The molecular weight excluding hydrogens is 425 g/mol. The number of nitrogens with two attached hydrogens (primary N) is 1. The van der Waals surface area contributed by atoms with E-state index in [-0.39, 0.29) is 29.0 Å². The Morgan fingerprint density at radius 3 is 2.82 bits per heavy atom. The summed E-state index contributed by atoms with van der Waals surface area (Å²) in [6, 6.07) is 6.25. The highest BCUT2D eigenvalue weighted by Gasteiger charge is 2.63. The molecule has 3 aromatic heterocycles. The molecule has 9 nitrogen and oxygen atoms in total. The van der Waals surface area contributed by atoms with E-state index in [0.29, 0.717) is 34.2 Å². The molecule has 4 aromatic rings. The van der Waals surface area contributed by atoms with Gasteiger partial charge in [-0.05, 0) is 30.5 Å². The molecule has 170 valence electrons. The number of fused-ring (bicyclic) bond motifs is 4. The lowest BCUT2D eigenvalue weighted by atomic mass is 10.0. The molecule has 0 amide bonds. The number of aromatic amines is 1. The SMILES string of the molecule is CNc1cc(F)cc2c1[nH]c1nc(Oc3ccn(C)c(=O)c3)nc(N3C[C@@H](C)[C@@]4(N)C[C@H]34)c12. The van der Waals surface area contributed by atoms with Crippen LogP contribution >= 0.6 is 0 Å². The molecule has 4 heterocycles. The largest absolute Gasteiger partial charge is 0.424 e. The first-order valence-electron chi connectivity index (χ1n) is 10.9. The van der Waals surface area contributed by atoms with E-state index in [9.17, 15) is 9.18 Å². The molecular formula is C23H24FN7O2. The van der Waals surface area contributed by atoms with Crippen LogP contribution in [0.5, 0.6) is 11.8 Å². The molecule has 6 rings (SSSR count). The smallest absolute Gasteiger partial charge is 0.325 e. The Morgan fingerprint density at radius 2 is 2.15 bits per heavy atom. The van der Waals surface area contributed by atoms with Crippen LogP contribution in [0, 0.1) is 11.7 Å². The van der Waals surface area contributed by atoms with Crippen LogP contribution in [0.25, 0.3) is 21.9 Å². The fourth-order valence-electron chi connectivity index (χ4n) is 5.01. The average molecular weight is 449 g/mol. The maximum absolute atomic E-state index is 14.5. The van der Waals surface area contributed by atoms with Gasteiger partial charge in [0.25, 0.3) is 5.56 Å². The number of nitrogens with one attached hydrogen (secondary N) is 2. The molecule has 0 unspecified atom stereocenters. The molecule has 1 aliphatic carbocycles. The normalized spacial score (nSPS) is 23.8. The molecule has 0 spiro atoms. The van der Waals surface area contributed by atoms with Crippen molar-refractivity contribution in [2.24, 2.45) is 18.7 Å². The molecule has 33 heavy (non-hydrogen) atoms. The zero-order chi connectivity index (χ0) is 23.1. The van der Waals surface area contributed by atoms with Gasteiger partial charge in [0.1, 0.15) is 23.0 Å². The molecule has 1 saturated carbocycles. The van der Waals surface area contributed by atoms with Crippen LogP contribution in [-0.2, 0) is 7.05 Å². The molecule has 1 saturated heterocycles. The van der Waals surface area contributed by atoms with Gasteiger partial charge in [-0.2, -0.15) is 9.97 Å². The minimum absolute atomic E-state index is 0.103. The van der Waals surface area contributed by atoms with E-state index in [1.807, 2.05) is 0 Å². The van der Waals surface area contributed by atoms with Crippen molar-refractivity contribution in [3.63, 3.8) is 0 Å². The van der Waals surface area contributed by atoms with Gasteiger partial charge in [0.2, 0.25) is 0 Å². The summed E-state index contributed by atoms with van der Waals surface area (Å²) < 4.78 is 21.8. The van der Waals surface area contributed by atoms with E-state index in [0.717, 1.165) is 23.9 Å². The summed E-state index contributed by atoms with van der Waals surface area (Å²) in [7, 11) is 3.41. The number of halogens is 1. The van der Waals surface area contributed by atoms with Crippen LogP contribution in [0.1, 0.15) is 13.3 Å². The van der Waals surface area contributed by atoms with Gasteiger partial charge >= 0.3 is 6.01 Å². The number of anilines is 2. The van der Waals surface area contributed by atoms with Gasteiger partial charge in [0, 0.05) is 43.8 Å². The lowest BCUT2D eigenvalue weighted by Gasteiger charge is -2.21.